The van der Waals surface area contributed by atoms with E-state index in [0.29, 0.717) is 11.3 Å². The van der Waals surface area contributed by atoms with Crippen LogP contribution in [-0.2, 0) is 25.5 Å². The highest BCUT2D eigenvalue weighted by Gasteiger charge is 2.19. The molecule has 0 aromatic heterocycles. The molecule has 7 heteroatoms. The summed E-state index contributed by atoms with van der Waals surface area (Å²) in [4.78, 5) is 36.2. The molecule has 0 heterocycles. The average Bonchev–Trinajstić information content (AvgIpc) is 2.75. The molecule has 0 aliphatic heterocycles. The molecule has 31 heavy (non-hydrogen) atoms. The first kappa shape index (κ1) is 23.4. The van der Waals surface area contributed by atoms with E-state index in [0.717, 1.165) is 0 Å². The van der Waals surface area contributed by atoms with Gasteiger partial charge < -0.3 is 19.3 Å². The maximum atomic E-state index is 13.0. The summed E-state index contributed by atoms with van der Waals surface area (Å²) in [5.41, 5.74) is 1.33. The number of hydrogen-bond donors (Lipinski definition) is 1. The molecule has 0 aliphatic rings. The van der Waals surface area contributed by atoms with Crippen LogP contribution in [0.15, 0.2) is 66.8 Å². The van der Waals surface area contributed by atoms with Gasteiger partial charge in [-0.15, -0.1) is 0 Å². The number of carbonyl (C=O) groups is 3. The van der Waals surface area contributed by atoms with E-state index < -0.39 is 17.7 Å². The fraction of sp³-hybridized carbons (Fsp3) is 0.208. The number of ether oxygens (including phenoxy) is 3. The smallest absolute Gasteiger partial charge is 0.333 e. The van der Waals surface area contributed by atoms with Crippen molar-refractivity contribution in [1.82, 2.24) is 0 Å². The minimum Gasteiger partial charge on any atom is -0.507 e. The molecular formula is C24H24O7. The highest BCUT2D eigenvalue weighted by molar-refractivity contribution is 6.11. The standard InChI is InChI=1S/C24H24O7/c1-15(2)23(27)31-12-11-30-18-9-10-19(17(14-18)13-16(3)24(28)29-4)22(26)20-7-5-6-8-21(20)25/h5-10,14,25H,1,3,11-13H2,2,4H3. The van der Waals surface area contributed by atoms with Crippen LogP contribution in [0, 0.1) is 0 Å². The van der Waals surface area contributed by atoms with Crippen molar-refractivity contribution in [3.8, 4) is 11.5 Å². The van der Waals surface area contributed by atoms with Crippen LogP contribution in [0.4, 0.5) is 0 Å². The van der Waals surface area contributed by atoms with Crippen molar-refractivity contribution in [3.05, 3.63) is 83.5 Å². The lowest BCUT2D eigenvalue weighted by molar-refractivity contribution is -0.139. The maximum absolute atomic E-state index is 13.0. The van der Waals surface area contributed by atoms with E-state index >= 15 is 0 Å². The number of ketones is 1. The molecule has 2 aromatic rings. The van der Waals surface area contributed by atoms with Gasteiger partial charge in [-0.3, -0.25) is 4.79 Å². The van der Waals surface area contributed by atoms with Gasteiger partial charge in [0.25, 0.3) is 0 Å². The van der Waals surface area contributed by atoms with Gasteiger partial charge in [-0.05, 0) is 42.8 Å². The van der Waals surface area contributed by atoms with Gasteiger partial charge in [-0.25, -0.2) is 9.59 Å². The van der Waals surface area contributed by atoms with Crippen molar-refractivity contribution < 1.29 is 33.7 Å². The van der Waals surface area contributed by atoms with Gasteiger partial charge >= 0.3 is 11.9 Å². The molecule has 0 amide bonds. The molecule has 1 N–H and O–H groups in total. The number of esters is 2. The van der Waals surface area contributed by atoms with Gasteiger partial charge in [0.15, 0.2) is 5.78 Å². The fourth-order valence-electron chi connectivity index (χ4n) is 2.70. The van der Waals surface area contributed by atoms with Crippen LogP contribution in [0.2, 0.25) is 0 Å². The Bertz CT molecular complexity index is 1020. The lowest BCUT2D eigenvalue weighted by Crippen LogP contribution is -2.13. The van der Waals surface area contributed by atoms with Crippen molar-refractivity contribution in [2.24, 2.45) is 0 Å². The molecule has 2 rings (SSSR count). The Balaban J connectivity index is 2.26. The number of benzene rings is 2. The number of aromatic hydroxyl groups is 1. The van der Waals surface area contributed by atoms with Crippen LogP contribution in [-0.4, -0.2) is 43.2 Å². The summed E-state index contributed by atoms with van der Waals surface area (Å²) in [6.07, 6.45) is 0.0448. The van der Waals surface area contributed by atoms with Crippen molar-refractivity contribution in [1.29, 1.82) is 0 Å². The maximum Gasteiger partial charge on any atom is 0.333 e. The van der Waals surface area contributed by atoms with Crippen LogP contribution in [0.3, 0.4) is 0 Å². The number of phenols is 1. The molecule has 162 valence electrons. The Morgan fingerprint density at radius 1 is 0.968 bits per heavy atom. The third kappa shape index (κ3) is 6.30. The van der Waals surface area contributed by atoms with E-state index in [-0.39, 0.29) is 47.7 Å². The largest absolute Gasteiger partial charge is 0.507 e. The Morgan fingerprint density at radius 3 is 2.32 bits per heavy atom. The predicted octanol–water partition coefficient (Wildman–Crippen LogP) is 3.39. The number of rotatable bonds is 10. The van der Waals surface area contributed by atoms with Crippen LogP contribution >= 0.6 is 0 Å². The molecule has 0 saturated carbocycles. The zero-order chi connectivity index (χ0) is 23.0. The molecule has 7 nitrogen and oxygen atoms in total. The SMILES string of the molecule is C=C(C)C(=O)OCCOc1ccc(C(=O)c2ccccc2O)c(CC(=C)C(=O)OC)c1. The van der Waals surface area contributed by atoms with Crippen molar-refractivity contribution in [2.75, 3.05) is 20.3 Å². The van der Waals surface area contributed by atoms with Gasteiger partial charge in [-0.2, -0.15) is 0 Å². The molecule has 0 unspecified atom stereocenters. The van der Waals surface area contributed by atoms with Gasteiger partial charge in [0.1, 0.15) is 24.7 Å². The third-order valence-corrected chi connectivity index (χ3v) is 4.28. The minimum absolute atomic E-state index is 0.0223. The number of para-hydroxylation sites is 1. The zero-order valence-electron chi connectivity index (χ0n) is 17.5. The number of methoxy groups -OCH3 is 1. The molecule has 0 fully saturated rings. The summed E-state index contributed by atoms with van der Waals surface area (Å²) in [5, 5.41) is 10.0. The van der Waals surface area contributed by atoms with E-state index in [2.05, 4.69) is 17.9 Å². The second kappa shape index (κ2) is 10.8. The van der Waals surface area contributed by atoms with Gasteiger partial charge in [0.2, 0.25) is 0 Å². The fourth-order valence-corrected chi connectivity index (χ4v) is 2.70. The number of phenolic OH excluding ortho intramolecular Hbond substituents is 1. The minimum atomic E-state index is -0.598. The van der Waals surface area contributed by atoms with Crippen molar-refractivity contribution >= 4 is 17.7 Å². The van der Waals surface area contributed by atoms with E-state index in [1.54, 1.807) is 37.3 Å². The molecule has 0 saturated heterocycles. The third-order valence-electron chi connectivity index (χ3n) is 4.28. The number of hydrogen-bond acceptors (Lipinski definition) is 7. The quantitative estimate of drug-likeness (QED) is 0.270. The lowest BCUT2D eigenvalue weighted by Gasteiger charge is -2.14. The second-order valence-corrected chi connectivity index (χ2v) is 6.70. The first-order chi connectivity index (χ1) is 14.7. The predicted molar refractivity (Wildman–Crippen MR) is 114 cm³/mol. The van der Waals surface area contributed by atoms with Crippen LogP contribution < -0.4 is 4.74 Å². The van der Waals surface area contributed by atoms with E-state index in [9.17, 15) is 19.5 Å². The molecule has 0 spiro atoms. The highest BCUT2D eigenvalue weighted by atomic mass is 16.6. The second-order valence-electron chi connectivity index (χ2n) is 6.70. The first-order valence-corrected chi connectivity index (χ1v) is 9.41. The molecular weight excluding hydrogens is 400 g/mol. The van der Waals surface area contributed by atoms with E-state index in [1.807, 2.05) is 0 Å². The van der Waals surface area contributed by atoms with E-state index in [1.165, 1.54) is 19.2 Å². The first-order valence-electron chi connectivity index (χ1n) is 9.41. The molecule has 2 aromatic carbocycles. The van der Waals surface area contributed by atoms with Crippen LogP contribution in [0.5, 0.6) is 11.5 Å². The van der Waals surface area contributed by atoms with Crippen LogP contribution in [0.25, 0.3) is 0 Å². The molecule has 0 atom stereocenters. The Labute approximate surface area is 180 Å². The summed E-state index contributed by atoms with van der Waals surface area (Å²) in [6.45, 7) is 8.86. The van der Waals surface area contributed by atoms with Gasteiger partial charge in [0, 0.05) is 23.1 Å². The number of carbonyl (C=O) groups excluding carboxylic acids is 3. The Kier molecular flexibility index (Phi) is 8.14. The zero-order valence-corrected chi connectivity index (χ0v) is 17.5. The molecule has 0 bridgehead atoms. The van der Waals surface area contributed by atoms with Crippen LogP contribution in [0.1, 0.15) is 28.4 Å². The monoisotopic (exact) mass is 424 g/mol. The normalized spacial score (nSPS) is 10.1. The lowest BCUT2D eigenvalue weighted by atomic mass is 9.94. The Morgan fingerprint density at radius 2 is 1.68 bits per heavy atom. The van der Waals surface area contributed by atoms with Crippen molar-refractivity contribution in [2.45, 2.75) is 13.3 Å². The topological polar surface area (TPSA) is 99.1 Å². The van der Waals surface area contributed by atoms with E-state index in [4.69, 9.17) is 9.47 Å². The molecule has 0 radical (unpaired) electrons. The van der Waals surface area contributed by atoms with Gasteiger partial charge in [0.05, 0.1) is 12.7 Å². The van der Waals surface area contributed by atoms with Gasteiger partial charge in [-0.1, -0.05) is 25.3 Å². The summed E-state index contributed by atoms with van der Waals surface area (Å²) in [7, 11) is 1.24. The summed E-state index contributed by atoms with van der Waals surface area (Å²) < 4.78 is 15.3. The summed E-state index contributed by atoms with van der Waals surface area (Å²) in [6, 6.07) is 10.9. The summed E-state index contributed by atoms with van der Waals surface area (Å²) in [5.74, 6) is -1.26. The highest BCUT2D eigenvalue weighted by Crippen LogP contribution is 2.26. The average molecular weight is 424 g/mol. The van der Waals surface area contributed by atoms with Crippen molar-refractivity contribution in [3.63, 3.8) is 0 Å². The molecule has 0 aliphatic carbocycles. The summed E-state index contributed by atoms with van der Waals surface area (Å²) >= 11 is 0. The Hall–Kier alpha value is -3.87.